The van der Waals surface area contributed by atoms with Crippen LogP contribution in [0.1, 0.15) is 16.1 Å². The highest BCUT2D eigenvalue weighted by molar-refractivity contribution is 5.98. The topological polar surface area (TPSA) is 80.0 Å². The Bertz CT molecular complexity index is 1270. The molecule has 0 aliphatic carbocycles. The van der Waals surface area contributed by atoms with Gasteiger partial charge in [0, 0.05) is 67.8 Å². The van der Waals surface area contributed by atoms with Gasteiger partial charge in [-0.2, -0.15) is 0 Å². The monoisotopic (exact) mass is 427 g/mol. The molecule has 1 aliphatic rings. The molecule has 0 N–H and O–H groups in total. The van der Waals surface area contributed by atoms with Gasteiger partial charge in [-0.1, -0.05) is 0 Å². The van der Waals surface area contributed by atoms with Crippen molar-refractivity contribution in [3.05, 3.63) is 66.6 Å². The molecule has 0 aromatic carbocycles. The summed E-state index contributed by atoms with van der Waals surface area (Å²) >= 11 is 0. The number of hydrogen-bond acceptors (Lipinski definition) is 7. The Hall–Kier alpha value is -3.65. The molecule has 0 amide bonds. The first-order valence-corrected chi connectivity index (χ1v) is 10.7. The molecular weight excluding hydrogens is 402 g/mol. The number of carbonyl (C=O) groups excluding carboxylic acids is 1. The zero-order valence-corrected chi connectivity index (χ0v) is 18.3. The van der Waals surface area contributed by atoms with Crippen LogP contribution in [0.15, 0.2) is 55.4 Å². The van der Waals surface area contributed by atoms with E-state index in [0.717, 1.165) is 59.9 Å². The van der Waals surface area contributed by atoms with Crippen LogP contribution in [0.5, 0.6) is 0 Å². The zero-order valence-electron chi connectivity index (χ0n) is 18.3. The molecule has 0 bridgehead atoms. The maximum atomic E-state index is 13.0. The summed E-state index contributed by atoms with van der Waals surface area (Å²) in [7, 11) is 4.07. The lowest BCUT2D eigenvalue weighted by molar-refractivity contribution is 0.0992. The molecule has 0 saturated carbocycles. The van der Waals surface area contributed by atoms with E-state index in [-0.39, 0.29) is 12.2 Å². The number of fused-ring (bicyclic) bond motifs is 1. The summed E-state index contributed by atoms with van der Waals surface area (Å²) in [6.07, 6.45) is 9.09. The molecule has 4 aromatic rings. The Morgan fingerprint density at radius 3 is 2.59 bits per heavy atom. The van der Waals surface area contributed by atoms with E-state index in [2.05, 4.69) is 42.8 Å². The van der Waals surface area contributed by atoms with Gasteiger partial charge in [-0.25, -0.2) is 9.97 Å². The van der Waals surface area contributed by atoms with Gasteiger partial charge in [0.15, 0.2) is 5.78 Å². The molecule has 4 aromatic heterocycles. The van der Waals surface area contributed by atoms with Crippen LogP contribution in [0.2, 0.25) is 0 Å². The van der Waals surface area contributed by atoms with Crippen molar-refractivity contribution in [2.24, 2.45) is 7.05 Å². The summed E-state index contributed by atoms with van der Waals surface area (Å²) in [5.41, 5.74) is 4.16. The van der Waals surface area contributed by atoms with E-state index in [1.165, 1.54) is 0 Å². The fourth-order valence-electron chi connectivity index (χ4n) is 4.02. The van der Waals surface area contributed by atoms with Gasteiger partial charge in [0.25, 0.3) is 0 Å². The van der Waals surface area contributed by atoms with Gasteiger partial charge in [-0.05, 0) is 31.3 Å². The summed E-state index contributed by atoms with van der Waals surface area (Å²) < 4.78 is 1.95. The van der Waals surface area contributed by atoms with Crippen LogP contribution in [0.25, 0.3) is 22.2 Å². The molecular formula is C24H25N7O. The molecule has 5 rings (SSSR count). The summed E-state index contributed by atoms with van der Waals surface area (Å²) in [6.45, 7) is 3.82. The van der Waals surface area contributed by atoms with Gasteiger partial charge in [0.2, 0.25) is 0 Å². The summed E-state index contributed by atoms with van der Waals surface area (Å²) in [4.78, 5) is 35.2. The van der Waals surface area contributed by atoms with Gasteiger partial charge in [-0.15, -0.1) is 0 Å². The lowest BCUT2D eigenvalue weighted by atomic mass is 10.1. The Balaban J connectivity index is 1.36. The Kier molecular flexibility index (Phi) is 5.36. The molecule has 0 unspecified atom stereocenters. The standard InChI is InChI=1S/C24H25N7O/c1-29-5-7-31(8-6-29)24-11-17(3-4-26-24)23(32)12-20-10-18-9-19(13-28-21(18)14-27-20)22-15-25-16-30(22)2/h3-4,9-11,13-16H,5-8,12H2,1-2H3. The lowest BCUT2D eigenvalue weighted by Gasteiger charge is -2.33. The van der Waals surface area contributed by atoms with Crippen LogP contribution >= 0.6 is 0 Å². The number of piperazine rings is 1. The predicted octanol–water partition coefficient (Wildman–Crippen LogP) is 2.60. The molecule has 1 saturated heterocycles. The molecule has 0 atom stereocenters. The van der Waals surface area contributed by atoms with E-state index in [1.807, 2.05) is 36.1 Å². The zero-order chi connectivity index (χ0) is 22.1. The molecule has 162 valence electrons. The number of Topliss-reactive ketones (excluding diaryl/α,β-unsaturated/α-hetero) is 1. The van der Waals surface area contributed by atoms with E-state index in [9.17, 15) is 4.79 Å². The second-order valence-electron chi connectivity index (χ2n) is 8.28. The van der Waals surface area contributed by atoms with Crippen LogP contribution in [-0.2, 0) is 13.5 Å². The molecule has 5 heterocycles. The van der Waals surface area contributed by atoms with Crippen molar-refractivity contribution >= 4 is 22.5 Å². The molecule has 1 fully saturated rings. The highest BCUT2D eigenvalue weighted by atomic mass is 16.1. The predicted molar refractivity (Wildman–Crippen MR) is 124 cm³/mol. The maximum absolute atomic E-state index is 13.0. The lowest BCUT2D eigenvalue weighted by Crippen LogP contribution is -2.44. The molecule has 8 nitrogen and oxygen atoms in total. The number of anilines is 1. The Labute approximate surface area is 186 Å². The number of likely N-dealkylation sites (N-methyl/N-ethyl adjacent to an activating group) is 1. The largest absolute Gasteiger partial charge is 0.354 e. The van der Waals surface area contributed by atoms with Gasteiger partial charge < -0.3 is 14.4 Å². The summed E-state index contributed by atoms with van der Waals surface area (Å²) in [5, 5.41) is 0.953. The number of hydrogen-bond donors (Lipinski definition) is 0. The van der Waals surface area contributed by atoms with Crippen molar-refractivity contribution in [1.29, 1.82) is 0 Å². The van der Waals surface area contributed by atoms with Crippen molar-refractivity contribution in [2.75, 3.05) is 38.1 Å². The third-order valence-electron chi connectivity index (χ3n) is 5.97. The molecule has 32 heavy (non-hydrogen) atoms. The highest BCUT2D eigenvalue weighted by Crippen LogP contribution is 2.23. The van der Waals surface area contributed by atoms with Crippen LogP contribution < -0.4 is 4.90 Å². The van der Waals surface area contributed by atoms with Gasteiger partial charge in [0.1, 0.15) is 5.82 Å². The minimum absolute atomic E-state index is 0.0328. The third-order valence-corrected chi connectivity index (χ3v) is 5.97. The van der Waals surface area contributed by atoms with Crippen LogP contribution in [0.4, 0.5) is 5.82 Å². The quantitative estimate of drug-likeness (QED) is 0.453. The van der Waals surface area contributed by atoms with E-state index in [0.29, 0.717) is 5.56 Å². The normalized spacial score (nSPS) is 14.8. The third kappa shape index (κ3) is 4.09. The smallest absolute Gasteiger partial charge is 0.169 e. The number of carbonyl (C=O) groups is 1. The van der Waals surface area contributed by atoms with Gasteiger partial charge >= 0.3 is 0 Å². The number of pyridine rings is 3. The first-order valence-electron chi connectivity index (χ1n) is 10.7. The second-order valence-corrected chi connectivity index (χ2v) is 8.28. The van der Waals surface area contributed by atoms with E-state index < -0.39 is 0 Å². The second kappa shape index (κ2) is 8.47. The minimum Gasteiger partial charge on any atom is -0.354 e. The number of aromatic nitrogens is 5. The SMILES string of the molecule is CN1CCN(c2cc(C(=O)Cc3cc4cc(-c5cncn5C)cnc4cn3)ccn2)CC1. The Morgan fingerprint density at radius 2 is 1.81 bits per heavy atom. The van der Waals surface area contributed by atoms with E-state index in [4.69, 9.17) is 0 Å². The van der Waals surface area contributed by atoms with Crippen molar-refractivity contribution in [1.82, 2.24) is 29.4 Å². The molecule has 0 spiro atoms. The summed E-state index contributed by atoms with van der Waals surface area (Å²) in [5.74, 6) is 0.894. The number of imidazole rings is 1. The number of rotatable bonds is 5. The van der Waals surface area contributed by atoms with Crippen molar-refractivity contribution in [3.8, 4) is 11.3 Å². The van der Waals surface area contributed by atoms with Crippen molar-refractivity contribution in [3.63, 3.8) is 0 Å². The highest BCUT2D eigenvalue weighted by Gasteiger charge is 2.17. The van der Waals surface area contributed by atoms with E-state index >= 15 is 0 Å². The molecule has 0 radical (unpaired) electrons. The number of nitrogens with zero attached hydrogens (tertiary/aromatic N) is 7. The Morgan fingerprint density at radius 1 is 0.969 bits per heavy atom. The fraction of sp³-hybridized carbons (Fsp3) is 0.292. The fourth-order valence-corrected chi connectivity index (χ4v) is 4.02. The van der Waals surface area contributed by atoms with Crippen LogP contribution in [0.3, 0.4) is 0 Å². The van der Waals surface area contributed by atoms with Crippen LogP contribution in [0, 0.1) is 0 Å². The van der Waals surface area contributed by atoms with Crippen molar-refractivity contribution < 1.29 is 4.79 Å². The average Bonchev–Trinajstić information content (AvgIpc) is 3.25. The van der Waals surface area contributed by atoms with Crippen molar-refractivity contribution in [2.45, 2.75) is 6.42 Å². The maximum Gasteiger partial charge on any atom is 0.169 e. The van der Waals surface area contributed by atoms with Gasteiger partial charge in [0.05, 0.1) is 36.4 Å². The number of ketones is 1. The van der Waals surface area contributed by atoms with Gasteiger partial charge in [-0.3, -0.25) is 14.8 Å². The van der Waals surface area contributed by atoms with E-state index in [1.54, 1.807) is 24.8 Å². The first kappa shape index (κ1) is 20.3. The number of aryl methyl sites for hydroxylation is 1. The molecule has 8 heteroatoms. The molecule has 1 aliphatic heterocycles. The average molecular weight is 428 g/mol. The minimum atomic E-state index is 0.0328. The first-order chi connectivity index (χ1) is 15.6. The van der Waals surface area contributed by atoms with Crippen LogP contribution in [-0.4, -0.2) is 68.4 Å². The summed E-state index contributed by atoms with van der Waals surface area (Å²) in [6, 6.07) is 7.69.